The molecule has 0 spiro atoms. The molecule has 1 aliphatic carbocycles. The molecule has 2 aromatic heterocycles. The standard InChI is InChI=1S/C22H27F3N4O3/c1-4-11-32-12-10-17-26-19-18(20(30)28(3)21(31)27(19)2)29(17)14-16-7-5-6-15(8-9-16)13-22(23,24)25/h5,7-9H,4,6,10-14H2,1-3H3. The number of fused-ring (bicyclic) bond motifs is 1. The van der Waals surface area contributed by atoms with Crippen LogP contribution in [0.5, 0.6) is 0 Å². The van der Waals surface area contributed by atoms with Crippen molar-refractivity contribution in [3.05, 3.63) is 62.1 Å². The quantitative estimate of drug-likeness (QED) is 0.577. The fourth-order valence-corrected chi connectivity index (χ4v) is 3.65. The SMILES string of the molecule is CCCOCCc1nc2c(c(=O)n(C)c(=O)n2C)n1CC1=CC=C(CC(F)(F)F)CC=C1. The Morgan fingerprint density at radius 2 is 1.88 bits per heavy atom. The summed E-state index contributed by atoms with van der Waals surface area (Å²) in [5, 5.41) is 0. The summed E-state index contributed by atoms with van der Waals surface area (Å²) >= 11 is 0. The van der Waals surface area contributed by atoms with Gasteiger partial charge < -0.3 is 9.30 Å². The second kappa shape index (κ2) is 9.72. The second-order valence-electron chi connectivity index (χ2n) is 7.82. The Bertz CT molecular complexity index is 1200. The normalized spacial score (nSPS) is 14.6. The van der Waals surface area contributed by atoms with Gasteiger partial charge in [-0.05, 0) is 18.4 Å². The van der Waals surface area contributed by atoms with Gasteiger partial charge in [-0.1, -0.05) is 36.8 Å². The number of ether oxygens (including phenoxy) is 1. The first-order valence-electron chi connectivity index (χ1n) is 10.5. The third kappa shape index (κ3) is 5.29. The molecular formula is C22H27F3N4O3. The molecule has 32 heavy (non-hydrogen) atoms. The van der Waals surface area contributed by atoms with Gasteiger partial charge in [0.15, 0.2) is 11.2 Å². The van der Waals surface area contributed by atoms with Crippen molar-refractivity contribution in [2.24, 2.45) is 14.1 Å². The van der Waals surface area contributed by atoms with E-state index in [2.05, 4.69) is 4.98 Å². The number of alkyl halides is 3. The van der Waals surface area contributed by atoms with Crippen molar-refractivity contribution in [1.82, 2.24) is 18.7 Å². The lowest BCUT2D eigenvalue weighted by molar-refractivity contribution is -0.127. The predicted molar refractivity (Wildman–Crippen MR) is 116 cm³/mol. The van der Waals surface area contributed by atoms with E-state index in [0.29, 0.717) is 25.5 Å². The Morgan fingerprint density at radius 3 is 2.56 bits per heavy atom. The minimum atomic E-state index is -4.26. The lowest BCUT2D eigenvalue weighted by atomic mass is 10.1. The van der Waals surface area contributed by atoms with Gasteiger partial charge in [0, 0.05) is 33.7 Å². The molecule has 0 radical (unpaired) electrons. The molecule has 0 saturated heterocycles. The third-order valence-corrected chi connectivity index (χ3v) is 5.26. The monoisotopic (exact) mass is 452 g/mol. The number of allylic oxidation sites excluding steroid dienone is 6. The lowest BCUT2D eigenvalue weighted by Gasteiger charge is -2.10. The minimum Gasteiger partial charge on any atom is -0.381 e. The van der Waals surface area contributed by atoms with E-state index in [1.807, 2.05) is 6.92 Å². The van der Waals surface area contributed by atoms with E-state index in [4.69, 9.17) is 4.74 Å². The highest BCUT2D eigenvalue weighted by Gasteiger charge is 2.28. The molecule has 0 atom stereocenters. The number of nitrogens with zero attached hydrogens (tertiary/aromatic N) is 4. The number of halogens is 3. The highest BCUT2D eigenvalue weighted by molar-refractivity contribution is 5.71. The zero-order chi connectivity index (χ0) is 23.5. The maximum Gasteiger partial charge on any atom is 0.392 e. The highest BCUT2D eigenvalue weighted by atomic mass is 19.4. The zero-order valence-electron chi connectivity index (χ0n) is 18.4. The summed E-state index contributed by atoms with van der Waals surface area (Å²) in [5.41, 5.74) is 0.601. The van der Waals surface area contributed by atoms with Crippen LogP contribution in [0.25, 0.3) is 11.2 Å². The van der Waals surface area contributed by atoms with Crippen molar-refractivity contribution >= 4 is 11.2 Å². The van der Waals surface area contributed by atoms with Gasteiger partial charge in [-0.2, -0.15) is 13.2 Å². The summed E-state index contributed by atoms with van der Waals surface area (Å²) in [4.78, 5) is 29.8. The highest BCUT2D eigenvalue weighted by Crippen LogP contribution is 2.28. The van der Waals surface area contributed by atoms with Gasteiger partial charge in [0.05, 0.1) is 13.0 Å². The maximum absolute atomic E-state index is 12.9. The van der Waals surface area contributed by atoms with Crippen LogP contribution in [-0.2, 0) is 31.8 Å². The van der Waals surface area contributed by atoms with E-state index in [1.165, 1.54) is 17.7 Å². The molecule has 0 unspecified atom stereocenters. The molecule has 0 aromatic carbocycles. The maximum atomic E-state index is 12.9. The van der Waals surface area contributed by atoms with Crippen LogP contribution < -0.4 is 11.2 Å². The van der Waals surface area contributed by atoms with Gasteiger partial charge in [0.2, 0.25) is 0 Å². The van der Waals surface area contributed by atoms with Crippen molar-refractivity contribution in [1.29, 1.82) is 0 Å². The van der Waals surface area contributed by atoms with Crippen LogP contribution in [0.15, 0.2) is 45.0 Å². The van der Waals surface area contributed by atoms with E-state index in [9.17, 15) is 22.8 Å². The Labute approximate surface area is 183 Å². The van der Waals surface area contributed by atoms with Crippen molar-refractivity contribution in [2.75, 3.05) is 13.2 Å². The first-order valence-corrected chi connectivity index (χ1v) is 10.5. The number of rotatable bonds is 8. The summed E-state index contributed by atoms with van der Waals surface area (Å²) in [6.45, 7) is 3.23. The first kappa shape index (κ1) is 23.8. The molecule has 7 nitrogen and oxygen atoms in total. The molecule has 0 saturated carbocycles. The number of aromatic nitrogens is 4. The van der Waals surface area contributed by atoms with Crippen LogP contribution in [0.2, 0.25) is 0 Å². The molecule has 3 rings (SSSR count). The number of hydrogen-bond donors (Lipinski definition) is 0. The summed E-state index contributed by atoms with van der Waals surface area (Å²) in [5.74, 6) is 0.576. The third-order valence-electron chi connectivity index (χ3n) is 5.26. The van der Waals surface area contributed by atoms with E-state index in [-0.39, 0.29) is 29.7 Å². The summed E-state index contributed by atoms with van der Waals surface area (Å²) in [6, 6.07) is 0. The van der Waals surface area contributed by atoms with E-state index in [0.717, 1.165) is 16.6 Å². The van der Waals surface area contributed by atoms with Gasteiger partial charge >= 0.3 is 11.9 Å². The average molecular weight is 452 g/mol. The Hall–Kier alpha value is -2.88. The predicted octanol–water partition coefficient (Wildman–Crippen LogP) is 3.17. The topological polar surface area (TPSA) is 71.1 Å². The Balaban J connectivity index is 2.04. The van der Waals surface area contributed by atoms with Crippen molar-refractivity contribution in [2.45, 2.75) is 45.3 Å². The first-order chi connectivity index (χ1) is 15.1. The zero-order valence-corrected chi connectivity index (χ0v) is 18.4. The van der Waals surface area contributed by atoms with Crippen molar-refractivity contribution < 1.29 is 17.9 Å². The van der Waals surface area contributed by atoms with Crippen LogP contribution in [-0.4, -0.2) is 38.1 Å². The van der Waals surface area contributed by atoms with E-state index < -0.39 is 23.8 Å². The van der Waals surface area contributed by atoms with Crippen LogP contribution in [0.1, 0.15) is 32.0 Å². The molecule has 174 valence electrons. The largest absolute Gasteiger partial charge is 0.392 e. The molecule has 0 bridgehead atoms. The average Bonchev–Trinajstić information content (AvgIpc) is 2.94. The fourth-order valence-electron chi connectivity index (χ4n) is 3.65. The van der Waals surface area contributed by atoms with Gasteiger partial charge in [-0.3, -0.25) is 13.9 Å². The number of imidazole rings is 1. The van der Waals surface area contributed by atoms with Gasteiger partial charge in [-0.15, -0.1) is 0 Å². The van der Waals surface area contributed by atoms with Crippen molar-refractivity contribution in [3.8, 4) is 0 Å². The van der Waals surface area contributed by atoms with E-state index in [1.54, 1.807) is 29.8 Å². The molecule has 0 N–H and O–H groups in total. The summed E-state index contributed by atoms with van der Waals surface area (Å²) in [7, 11) is 2.96. The molecule has 0 aliphatic heterocycles. The Morgan fingerprint density at radius 1 is 1.12 bits per heavy atom. The van der Waals surface area contributed by atoms with Crippen LogP contribution >= 0.6 is 0 Å². The van der Waals surface area contributed by atoms with Gasteiger partial charge in [0.1, 0.15) is 5.82 Å². The fraction of sp³-hybridized carbons (Fsp3) is 0.500. The molecule has 0 amide bonds. The second-order valence-corrected chi connectivity index (χ2v) is 7.82. The molecule has 10 heteroatoms. The summed E-state index contributed by atoms with van der Waals surface area (Å²) < 4.78 is 47.9. The number of aryl methyl sites for hydroxylation is 1. The van der Waals surface area contributed by atoms with Crippen LogP contribution in [0.3, 0.4) is 0 Å². The number of hydrogen-bond acceptors (Lipinski definition) is 4. The molecule has 2 heterocycles. The molecular weight excluding hydrogens is 425 g/mol. The van der Waals surface area contributed by atoms with Gasteiger partial charge in [-0.25, -0.2) is 9.78 Å². The van der Waals surface area contributed by atoms with Crippen LogP contribution in [0, 0.1) is 0 Å². The minimum absolute atomic E-state index is 0.207. The smallest absolute Gasteiger partial charge is 0.381 e. The Kier molecular flexibility index (Phi) is 7.22. The van der Waals surface area contributed by atoms with Gasteiger partial charge in [0.25, 0.3) is 5.56 Å². The summed E-state index contributed by atoms with van der Waals surface area (Å²) in [6.07, 6.45) is 2.86. The van der Waals surface area contributed by atoms with Crippen molar-refractivity contribution in [3.63, 3.8) is 0 Å². The molecule has 1 aliphatic rings. The lowest BCUT2D eigenvalue weighted by Crippen LogP contribution is -2.37. The van der Waals surface area contributed by atoms with Crippen LogP contribution in [0.4, 0.5) is 13.2 Å². The molecule has 0 fully saturated rings. The molecule has 2 aromatic rings. The van der Waals surface area contributed by atoms with E-state index >= 15 is 0 Å².